The van der Waals surface area contributed by atoms with Crippen LogP contribution in [0.25, 0.3) is 0 Å². The zero-order valence-electron chi connectivity index (χ0n) is 10.5. The van der Waals surface area contributed by atoms with Gasteiger partial charge in [-0.15, -0.1) is 5.10 Å². The zero-order valence-corrected chi connectivity index (χ0v) is 10.5. The van der Waals surface area contributed by atoms with Gasteiger partial charge in [-0.1, -0.05) is 30.3 Å². The lowest BCUT2D eigenvalue weighted by Crippen LogP contribution is -2.17. The van der Waals surface area contributed by atoms with Crippen LogP contribution in [0.5, 0.6) is 0 Å². The predicted molar refractivity (Wildman–Crippen MR) is 73.3 cm³/mol. The van der Waals surface area contributed by atoms with Crippen LogP contribution in [-0.2, 0) is 4.79 Å². The number of carbonyl (C=O) groups is 1. The highest BCUT2D eigenvalue weighted by Gasteiger charge is 2.09. The molecule has 5 nitrogen and oxygen atoms in total. The van der Waals surface area contributed by atoms with E-state index >= 15 is 0 Å². The molecule has 0 aliphatic rings. The molecule has 2 aromatic rings. The maximum Gasteiger partial charge on any atom is 0.225 e. The van der Waals surface area contributed by atoms with Crippen LogP contribution in [0.2, 0.25) is 0 Å². The van der Waals surface area contributed by atoms with Crippen LogP contribution in [0, 0.1) is 0 Å². The van der Waals surface area contributed by atoms with Gasteiger partial charge in [-0.05, 0) is 24.1 Å². The number of carbonyl (C=O) groups excluding carboxylic acids is 1. The minimum atomic E-state index is -0.131. The van der Waals surface area contributed by atoms with Crippen molar-refractivity contribution in [2.75, 3.05) is 5.32 Å². The molecule has 0 aliphatic carbocycles. The Labute approximate surface area is 111 Å². The van der Waals surface area contributed by atoms with Gasteiger partial charge in [0, 0.05) is 18.7 Å². The summed E-state index contributed by atoms with van der Waals surface area (Å²) < 4.78 is 0. The second-order valence-electron chi connectivity index (χ2n) is 4.21. The third kappa shape index (κ3) is 4.15. The first-order chi connectivity index (χ1) is 9.25. The molecule has 0 radical (unpaired) electrons. The molecule has 0 aliphatic heterocycles. The number of hydrogen-bond donors (Lipinski definition) is 2. The Morgan fingerprint density at radius 3 is 2.68 bits per heavy atom. The average molecular weight is 256 g/mol. The Kier molecular flexibility index (Phi) is 4.58. The van der Waals surface area contributed by atoms with Crippen molar-refractivity contribution < 1.29 is 4.79 Å². The van der Waals surface area contributed by atoms with Crippen LogP contribution >= 0.6 is 0 Å². The standard InChI is InChI=1S/C14H16N4O/c15-12(11-5-2-1-3-6-11)8-9-14(19)17-13-7-4-10-16-18-13/h1-7,10,12H,8-9,15H2,(H,17,18,19). The number of benzene rings is 1. The highest BCUT2D eigenvalue weighted by atomic mass is 16.1. The lowest BCUT2D eigenvalue weighted by molar-refractivity contribution is -0.116. The summed E-state index contributed by atoms with van der Waals surface area (Å²) in [6.07, 6.45) is 2.50. The third-order valence-corrected chi connectivity index (χ3v) is 2.75. The van der Waals surface area contributed by atoms with Crippen LogP contribution in [-0.4, -0.2) is 16.1 Å². The number of nitrogens with one attached hydrogen (secondary N) is 1. The summed E-state index contributed by atoms with van der Waals surface area (Å²) in [7, 11) is 0. The van der Waals surface area contributed by atoms with Gasteiger partial charge in [-0.25, -0.2) is 0 Å². The van der Waals surface area contributed by atoms with Crippen LogP contribution < -0.4 is 11.1 Å². The molecule has 0 saturated heterocycles. The SMILES string of the molecule is NC(CCC(=O)Nc1cccnn1)c1ccccc1. The van der Waals surface area contributed by atoms with Gasteiger partial charge in [0.15, 0.2) is 5.82 Å². The number of nitrogens with two attached hydrogens (primary N) is 1. The summed E-state index contributed by atoms with van der Waals surface area (Å²) in [6.45, 7) is 0. The smallest absolute Gasteiger partial charge is 0.225 e. The molecule has 1 heterocycles. The van der Waals surface area contributed by atoms with Crippen molar-refractivity contribution in [1.29, 1.82) is 0 Å². The molecule has 1 aromatic carbocycles. The lowest BCUT2D eigenvalue weighted by atomic mass is 10.0. The molecule has 1 atom stereocenters. The number of amides is 1. The van der Waals surface area contributed by atoms with E-state index < -0.39 is 0 Å². The van der Waals surface area contributed by atoms with Crippen molar-refractivity contribution >= 4 is 11.7 Å². The van der Waals surface area contributed by atoms with Crippen molar-refractivity contribution in [3.8, 4) is 0 Å². The Bertz CT molecular complexity index is 515. The first kappa shape index (κ1) is 13.2. The van der Waals surface area contributed by atoms with E-state index in [1.807, 2.05) is 30.3 Å². The predicted octanol–water partition coefficient (Wildman–Crippen LogP) is 1.90. The van der Waals surface area contributed by atoms with Gasteiger partial charge in [-0.2, -0.15) is 5.10 Å². The summed E-state index contributed by atoms with van der Waals surface area (Å²) in [5.74, 6) is 0.354. The van der Waals surface area contributed by atoms with Crippen molar-refractivity contribution in [3.63, 3.8) is 0 Å². The van der Waals surface area contributed by atoms with Gasteiger partial charge >= 0.3 is 0 Å². The maximum atomic E-state index is 11.7. The molecule has 3 N–H and O–H groups in total. The highest BCUT2D eigenvalue weighted by Crippen LogP contribution is 2.15. The van der Waals surface area contributed by atoms with Crippen molar-refractivity contribution in [2.24, 2.45) is 5.73 Å². The van der Waals surface area contributed by atoms with Crippen molar-refractivity contribution in [2.45, 2.75) is 18.9 Å². The molecule has 0 fully saturated rings. The molecule has 0 bridgehead atoms. The molecule has 19 heavy (non-hydrogen) atoms. The molecular weight excluding hydrogens is 240 g/mol. The van der Waals surface area contributed by atoms with Crippen molar-refractivity contribution in [1.82, 2.24) is 10.2 Å². The summed E-state index contributed by atoms with van der Waals surface area (Å²) in [5, 5.41) is 10.2. The van der Waals surface area contributed by atoms with E-state index in [4.69, 9.17) is 5.73 Å². The monoisotopic (exact) mass is 256 g/mol. The lowest BCUT2D eigenvalue weighted by Gasteiger charge is -2.11. The Hall–Kier alpha value is -2.27. The zero-order chi connectivity index (χ0) is 13.5. The summed E-state index contributed by atoms with van der Waals surface area (Å²) in [6, 6.07) is 13.0. The Morgan fingerprint density at radius 2 is 2.00 bits per heavy atom. The van der Waals surface area contributed by atoms with E-state index in [0.717, 1.165) is 5.56 Å². The number of rotatable bonds is 5. The minimum absolute atomic E-state index is 0.105. The number of anilines is 1. The second-order valence-corrected chi connectivity index (χ2v) is 4.21. The summed E-state index contributed by atoms with van der Waals surface area (Å²) in [4.78, 5) is 11.7. The van der Waals surface area contributed by atoms with E-state index in [9.17, 15) is 4.79 Å². The summed E-state index contributed by atoms with van der Waals surface area (Å²) >= 11 is 0. The molecule has 0 spiro atoms. The van der Waals surface area contributed by atoms with Crippen LogP contribution in [0.15, 0.2) is 48.7 Å². The van der Waals surface area contributed by atoms with Gasteiger partial charge in [0.2, 0.25) is 5.91 Å². The van der Waals surface area contributed by atoms with Crippen molar-refractivity contribution in [3.05, 3.63) is 54.2 Å². The fourth-order valence-corrected chi connectivity index (χ4v) is 1.73. The van der Waals surface area contributed by atoms with E-state index in [-0.39, 0.29) is 11.9 Å². The highest BCUT2D eigenvalue weighted by molar-refractivity contribution is 5.89. The maximum absolute atomic E-state index is 11.7. The largest absolute Gasteiger partial charge is 0.324 e. The molecule has 2 rings (SSSR count). The van der Waals surface area contributed by atoms with Gasteiger partial charge in [0.25, 0.3) is 0 Å². The number of aromatic nitrogens is 2. The molecular formula is C14H16N4O. The topological polar surface area (TPSA) is 80.9 Å². The van der Waals surface area contributed by atoms with Gasteiger partial charge in [-0.3, -0.25) is 4.79 Å². The molecule has 1 amide bonds. The molecule has 1 unspecified atom stereocenters. The van der Waals surface area contributed by atoms with Crippen LogP contribution in [0.3, 0.4) is 0 Å². The third-order valence-electron chi connectivity index (χ3n) is 2.75. The molecule has 0 saturated carbocycles. The van der Waals surface area contributed by atoms with E-state index in [1.165, 1.54) is 0 Å². The quantitative estimate of drug-likeness (QED) is 0.856. The molecule has 5 heteroatoms. The average Bonchev–Trinajstić information content (AvgIpc) is 2.47. The first-order valence-electron chi connectivity index (χ1n) is 6.14. The van der Waals surface area contributed by atoms with Crippen LogP contribution in [0.1, 0.15) is 24.4 Å². The van der Waals surface area contributed by atoms with Gasteiger partial charge in [0.05, 0.1) is 0 Å². The fraction of sp³-hybridized carbons (Fsp3) is 0.214. The Morgan fingerprint density at radius 1 is 1.21 bits per heavy atom. The molecule has 1 aromatic heterocycles. The van der Waals surface area contributed by atoms with E-state index in [2.05, 4.69) is 15.5 Å². The Balaban J connectivity index is 1.81. The summed E-state index contributed by atoms with van der Waals surface area (Å²) in [5.41, 5.74) is 7.07. The number of nitrogens with zero attached hydrogens (tertiary/aromatic N) is 2. The number of hydrogen-bond acceptors (Lipinski definition) is 4. The normalized spacial score (nSPS) is 11.8. The van der Waals surface area contributed by atoms with E-state index in [0.29, 0.717) is 18.7 Å². The van der Waals surface area contributed by atoms with Crippen LogP contribution in [0.4, 0.5) is 5.82 Å². The fourth-order valence-electron chi connectivity index (χ4n) is 1.73. The molecule has 98 valence electrons. The van der Waals surface area contributed by atoms with Gasteiger partial charge < -0.3 is 11.1 Å². The van der Waals surface area contributed by atoms with E-state index in [1.54, 1.807) is 18.3 Å². The first-order valence-corrected chi connectivity index (χ1v) is 6.14. The minimum Gasteiger partial charge on any atom is -0.324 e. The van der Waals surface area contributed by atoms with Gasteiger partial charge in [0.1, 0.15) is 0 Å². The second kappa shape index (κ2) is 6.61.